The molecule has 0 aliphatic heterocycles. The van der Waals surface area contributed by atoms with Crippen LogP contribution in [0.25, 0.3) is 0 Å². The summed E-state index contributed by atoms with van der Waals surface area (Å²) in [5.74, 6) is -1.38. The summed E-state index contributed by atoms with van der Waals surface area (Å²) < 4.78 is 5.66. The van der Waals surface area contributed by atoms with Gasteiger partial charge >= 0.3 is 11.9 Å². The van der Waals surface area contributed by atoms with Crippen LogP contribution >= 0.6 is 0 Å². The highest BCUT2D eigenvalue weighted by Crippen LogP contribution is 2.20. The predicted octanol–water partition coefficient (Wildman–Crippen LogP) is 6.37. The van der Waals surface area contributed by atoms with Gasteiger partial charge in [0.15, 0.2) is 0 Å². The van der Waals surface area contributed by atoms with E-state index in [1.54, 1.807) is 0 Å². The molecule has 0 aliphatic carbocycles. The normalized spacial score (nSPS) is 13.6. The minimum absolute atomic E-state index is 0.000939. The molecule has 0 heterocycles. The first-order valence-corrected chi connectivity index (χ1v) is 10.8. The van der Waals surface area contributed by atoms with Gasteiger partial charge in [-0.3, -0.25) is 9.59 Å². The van der Waals surface area contributed by atoms with Crippen LogP contribution in [0.15, 0.2) is 0 Å². The van der Waals surface area contributed by atoms with Crippen LogP contribution in [-0.2, 0) is 14.3 Å². The molecule has 0 bridgehead atoms. The third-order valence-electron chi connectivity index (χ3n) is 4.83. The second kappa shape index (κ2) is 16.1. The molecule has 2 unspecified atom stereocenters. The van der Waals surface area contributed by atoms with Gasteiger partial charge in [0.05, 0.1) is 12.3 Å². The van der Waals surface area contributed by atoms with Crippen molar-refractivity contribution in [2.24, 2.45) is 11.8 Å². The fraction of sp³-hybridized carbons (Fsp3) is 0.909. The summed E-state index contributed by atoms with van der Waals surface area (Å²) in [6.45, 7) is 8.51. The zero-order valence-electron chi connectivity index (χ0n) is 17.6. The molecule has 0 aromatic carbocycles. The summed E-state index contributed by atoms with van der Waals surface area (Å²) in [5, 5.41) is 9.28. The molecule has 0 saturated heterocycles. The van der Waals surface area contributed by atoms with E-state index in [9.17, 15) is 14.7 Å². The van der Waals surface area contributed by atoms with E-state index in [-0.39, 0.29) is 18.5 Å². The number of ether oxygens (including phenoxy) is 1. The number of esters is 1. The van der Waals surface area contributed by atoms with Gasteiger partial charge in [0.2, 0.25) is 0 Å². The maximum absolute atomic E-state index is 12.2. The summed E-state index contributed by atoms with van der Waals surface area (Å²) in [6.07, 6.45) is 12.7. The maximum Gasteiger partial charge on any atom is 0.307 e. The van der Waals surface area contributed by atoms with Gasteiger partial charge in [-0.05, 0) is 31.6 Å². The lowest BCUT2D eigenvalue weighted by atomic mass is 9.98. The van der Waals surface area contributed by atoms with Crippen LogP contribution in [0.4, 0.5) is 0 Å². The molecule has 4 nitrogen and oxygen atoms in total. The molecule has 1 N–H and O–H groups in total. The Morgan fingerprint density at radius 2 is 1.42 bits per heavy atom. The molecule has 0 fully saturated rings. The lowest BCUT2D eigenvalue weighted by molar-refractivity contribution is -0.156. The third kappa shape index (κ3) is 14.1. The Labute approximate surface area is 161 Å². The zero-order chi connectivity index (χ0) is 19.8. The van der Waals surface area contributed by atoms with Gasteiger partial charge < -0.3 is 9.84 Å². The van der Waals surface area contributed by atoms with Gasteiger partial charge in [-0.1, -0.05) is 79.1 Å². The topological polar surface area (TPSA) is 63.6 Å². The van der Waals surface area contributed by atoms with E-state index >= 15 is 0 Å². The van der Waals surface area contributed by atoms with E-state index < -0.39 is 11.9 Å². The molecule has 154 valence electrons. The highest BCUT2D eigenvalue weighted by Gasteiger charge is 2.24. The van der Waals surface area contributed by atoms with Gasteiger partial charge in [0.25, 0.3) is 0 Å². The number of unbranched alkanes of at least 4 members (excludes halogenated alkanes) is 7. The van der Waals surface area contributed by atoms with Crippen molar-refractivity contribution in [3.8, 4) is 0 Å². The molecule has 0 aliphatic rings. The molecule has 0 amide bonds. The highest BCUT2D eigenvalue weighted by atomic mass is 16.5. The number of rotatable bonds is 17. The largest absolute Gasteiger partial charge is 0.481 e. The average molecular weight is 371 g/mol. The first kappa shape index (κ1) is 24.9. The molecule has 0 aromatic heterocycles. The van der Waals surface area contributed by atoms with Crippen molar-refractivity contribution in [2.75, 3.05) is 0 Å². The van der Waals surface area contributed by atoms with Crippen LogP contribution in [0.5, 0.6) is 0 Å². The molecule has 0 rings (SSSR count). The first-order valence-electron chi connectivity index (χ1n) is 10.8. The van der Waals surface area contributed by atoms with Gasteiger partial charge in [-0.2, -0.15) is 0 Å². The molecular weight excluding hydrogens is 328 g/mol. The van der Waals surface area contributed by atoms with Crippen LogP contribution < -0.4 is 0 Å². The van der Waals surface area contributed by atoms with E-state index in [1.165, 1.54) is 38.5 Å². The molecule has 0 aromatic rings. The van der Waals surface area contributed by atoms with Crippen LogP contribution in [0.3, 0.4) is 0 Å². The molecule has 0 radical (unpaired) electrons. The quantitative estimate of drug-likeness (QED) is 0.239. The lowest BCUT2D eigenvalue weighted by Gasteiger charge is -2.21. The summed E-state index contributed by atoms with van der Waals surface area (Å²) in [6, 6.07) is 0. The van der Waals surface area contributed by atoms with Crippen molar-refractivity contribution in [2.45, 2.75) is 117 Å². The predicted molar refractivity (Wildman–Crippen MR) is 107 cm³/mol. The Bertz CT molecular complexity index is 365. The zero-order valence-corrected chi connectivity index (χ0v) is 17.6. The van der Waals surface area contributed by atoms with Crippen molar-refractivity contribution in [3.05, 3.63) is 0 Å². The van der Waals surface area contributed by atoms with Crippen LogP contribution in [0.2, 0.25) is 0 Å². The maximum atomic E-state index is 12.2. The number of hydrogen-bond acceptors (Lipinski definition) is 3. The number of carboxylic acid groups (broad SMARTS) is 1. The average Bonchev–Trinajstić information content (AvgIpc) is 2.56. The van der Waals surface area contributed by atoms with Gasteiger partial charge in [0.1, 0.15) is 6.10 Å². The van der Waals surface area contributed by atoms with Gasteiger partial charge in [-0.25, -0.2) is 0 Å². The number of aliphatic carboxylic acids is 1. The van der Waals surface area contributed by atoms with Crippen molar-refractivity contribution in [1.29, 1.82) is 0 Å². The second-order valence-corrected chi connectivity index (χ2v) is 8.03. The van der Waals surface area contributed by atoms with Crippen molar-refractivity contribution < 1.29 is 19.4 Å². The standard InChI is InChI=1S/C22H42O4/c1-5-7-9-10-11-12-13-15-20(16-18(3)4)26-21(23)17-19(22(24)25)14-8-6-2/h18-20H,5-17H2,1-4H3,(H,24,25). The van der Waals surface area contributed by atoms with Crippen molar-refractivity contribution in [3.63, 3.8) is 0 Å². The van der Waals surface area contributed by atoms with Crippen LogP contribution in [0, 0.1) is 11.8 Å². The van der Waals surface area contributed by atoms with E-state index in [0.717, 1.165) is 32.1 Å². The summed E-state index contributed by atoms with van der Waals surface area (Å²) >= 11 is 0. The molecular formula is C22H42O4. The van der Waals surface area contributed by atoms with Crippen LogP contribution in [-0.4, -0.2) is 23.1 Å². The Balaban J connectivity index is 4.28. The molecule has 0 saturated carbocycles. The van der Waals surface area contributed by atoms with E-state index in [1.807, 2.05) is 6.92 Å². The van der Waals surface area contributed by atoms with Crippen molar-refractivity contribution >= 4 is 11.9 Å². The Kier molecular flexibility index (Phi) is 15.5. The van der Waals surface area contributed by atoms with Gasteiger partial charge in [0, 0.05) is 0 Å². The molecule has 4 heteroatoms. The fourth-order valence-corrected chi connectivity index (χ4v) is 3.28. The minimum Gasteiger partial charge on any atom is -0.481 e. The number of carboxylic acids is 1. The molecule has 0 spiro atoms. The minimum atomic E-state index is -0.886. The molecule has 26 heavy (non-hydrogen) atoms. The SMILES string of the molecule is CCCCCCCCCC(CC(C)C)OC(=O)CC(CCCC)C(=O)O. The van der Waals surface area contributed by atoms with E-state index in [0.29, 0.717) is 12.3 Å². The number of hydrogen-bond donors (Lipinski definition) is 1. The highest BCUT2D eigenvalue weighted by molar-refractivity contribution is 5.78. The van der Waals surface area contributed by atoms with E-state index in [2.05, 4.69) is 20.8 Å². The monoisotopic (exact) mass is 370 g/mol. The third-order valence-corrected chi connectivity index (χ3v) is 4.83. The summed E-state index contributed by atoms with van der Waals surface area (Å²) in [7, 11) is 0. The lowest BCUT2D eigenvalue weighted by Crippen LogP contribution is -2.24. The Morgan fingerprint density at radius 3 is 1.96 bits per heavy atom. The Morgan fingerprint density at radius 1 is 0.846 bits per heavy atom. The summed E-state index contributed by atoms with van der Waals surface area (Å²) in [4.78, 5) is 23.6. The number of carbonyl (C=O) groups excluding carboxylic acids is 1. The smallest absolute Gasteiger partial charge is 0.307 e. The van der Waals surface area contributed by atoms with Crippen LogP contribution in [0.1, 0.15) is 111 Å². The van der Waals surface area contributed by atoms with E-state index in [4.69, 9.17) is 4.74 Å². The second-order valence-electron chi connectivity index (χ2n) is 8.03. The first-order chi connectivity index (χ1) is 12.4. The molecule has 2 atom stereocenters. The van der Waals surface area contributed by atoms with Gasteiger partial charge in [-0.15, -0.1) is 0 Å². The summed E-state index contributed by atoms with van der Waals surface area (Å²) in [5.41, 5.74) is 0. The number of carbonyl (C=O) groups is 2. The Hall–Kier alpha value is -1.06. The van der Waals surface area contributed by atoms with Crippen molar-refractivity contribution in [1.82, 2.24) is 0 Å². The fourth-order valence-electron chi connectivity index (χ4n) is 3.28.